The van der Waals surface area contributed by atoms with Gasteiger partial charge in [0.1, 0.15) is 16.9 Å². The van der Waals surface area contributed by atoms with Gasteiger partial charge < -0.3 is 9.84 Å². The van der Waals surface area contributed by atoms with Gasteiger partial charge in [0.25, 0.3) is 0 Å². The molecule has 2 aromatic carbocycles. The van der Waals surface area contributed by atoms with Gasteiger partial charge >= 0.3 is 5.97 Å². The number of carboxylic acid groups (broad SMARTS) is 1. The molecule has 35 heavy (non-hydrogen) atoms. The van der Waals surface area contributed by atoms with Crippen molar-refractivity contribution in [1.29, 1.82) is 0 Å². The zero-order chi connectivity index (χ0) is 24.7. The average Bonchev–Trinajstić information content (AvgIpc) is 3.32. The molecule has 2 aromatic heterocycles. The quantitative estimate of drug-likeness (QED) is 0.392. The monoisotopic (exact) mass is 486 g/mol. The minimum atomic E-state index is -0.921. The second-order valence-corrected chi connectivity index (χ2v) is 9.91. The molecule has 0 fully saturated rings. The summed E-state index contributed by atoms with van der Waals surface area (Å²) in [7, 11) is 1.69. The fourth-order valence-electron chi connectivity index (χ4n) is 4.47. The molecule has 0 saturated heterocycles. The topological polar surface area (TPSA) is 89.6 Å². The molecular formula is C27H26N4O3S. The number of nitrogens with zero attached hydrogens (tertiary/aromatic N) is 4. The van der Waals surface area contributed by atoms with Gasteiger partial charge in [-0.2, -0.15) is 0 Å². The lowest BCUT2D eigenvalue weighted by molar-refractivity contribution is -0.137. The molecule has 0 saturated carbocycles. The number of hydrogen-bond acceptors (Lipinski definition) is 6. The van der Waals surface area contributed by atoms with Gasteiger partial charge in [0.15, 0.2) is 5.82 Å². The van der Waals surface area contributed by atoms with Crippen LogP contribution in [0.5, 0.6) is 0 Å². The number of methoxy groups -OCH3 is 1. The van der Waals surface area contributed by atoms with Crippen molar-refractivity contribution in [3.8, 4) is 16.1 Å². The van der Waals surface area contributed by atoms with Gasteiger partial charge in [0.2, 0.25) is 0 Å². The third-order valence-corrected chi connectivity index (χ3v) is 7.56. The number of aliphatic imine (C=N–C) groups is 1. The van der Waals surface area contributed by atoms with Crippen LogP contribution in [0.4, 0.5) is 0 Å². The highest BCUT2D eigenvalue weighted by Crippen LogP contribution is 2.39. The molecule has 1 aliphatic heterocycles. The number of ether oxygens (including phenoxy) is 1. The highest BCUT2D eigenvalue weighted by molar-refractivity contribution is 7.15. The van der Waals surface area contributed by atoms with Crippen molar-refractivity contribution < 1.29 is 14.6 Å². The van der Waals surface area contributed by atoms with E-state index in [1.807, 2.05) is 11.5 Å². The predicted molar refractivity (Wildman–Crippen MR) is 137 cm³/mol. The van der Waals surface area contributed by atoms with Gasteiger partial charge in [-0.25, -0.2) is 0 Å². The van der Waals surface area contributed by atoms with E-state index >= 15 is 0 Å². The number of carbonyl (C=O) groups is 1. The molecule has 7 nitrogen and oxygen atoms in total. The Bertz CT molecular complexity index is 1430. The number of thiophene rings is 1. The number of fused-ring (bicyclic) bond motifs is 3. The number of rotatable bonds is 6. The first-order valence-corrected chi connectivity index (χ1v) is 12.2. The van der Waals surface area contributed by atoms with Crippen molar-refractivity contribution in [2.75, 3.05) is 7.11 Å². The summed E-state index contributed by atoms with van der Waals surface area (Å²) in [5.41, 5.74) is 7.23. The van der Waals surface area contributed by atoms with Crippen molar-refractivity contribution in [2.45, 2.75) is 39.8 Å². The maximum Gasteiger partial charge on any atom is 0.306 e. The molecule has 0 unspecified atom stereocenters. The summed E-state index contributed by atoms with van der Waals surface area (Å²) in [5.74, 6) is 0.368. The molecule has 3 heterocycles. The van der Waals surface area contributed by atoms with Crippen molar-refractivity contribution in [3.05, 3.63) is 87.3 Å². The second-order valence-electron chi connectivity index (χ2n) is 8.70. The molecule has 4 aromatic rings. The summed E-state index contributed by atoms with van der Waals surface area (Å²) in [6, 6.07) is 16.0. The van der Waals surface area contributed by atoms with E-state index < -0.39 is 12.0 Å². The van der Waals surface area contributed by atoms with Gasteiger partial charge in [0.05, 0.1) is 18.7 Å². The maximum atomic E-state index is 11.7. The van der Waals surface area contributed by atoms with Gasteiger partial charge in [-0.15, -0.1) is 21.5 Å². The Kier molecular flexibility index (Phi) is 6.08. The molecule has 0 aliphatic carbocycles. The number of hydrogen-bond donors (Lipinski definition) is 1. The molecule has 0 bridgehead atoms. The van der Waals surface area contributed by atoms with Crippen LogP contribution in [0, 0.1) is 20.8 Å². The highest BCUT2D eigenvalue weighted by atomic mass is 32.1. The van der Waals surface area contributed by atoms with Crippen LogP contribution in [-0.4, -0.2) is 38.7 Å². The summed E-state index contributed by atoms with van der Waals surface area (Å²) in [6.07, 6.45) is -0.152. The van der Waals surface area contributed by atoms with Crippen molar-refractivity contribution >= 4 is 23.0 Å². The molecule has 5 rings (SSSR count). The Morgan fingerprint density at radius 1 is 1.00 bits per heavy atom. The number of benzene rings is 2. The van der Waals surface area contributed by atoms with Gasteiger partial charge in [-0.1, -0.05) is 48.5 Å². The fraction of sp³-hybridized carbons (Fsp3) is 0.259. The Hall–Kier alpha value is -3.62. The molecule has 178 valence electrons. The Labute approximate surface area is 207 Å². The van der Waals surface area contributed by atoms with Gasteiger partial charge in [0, 0.05) is 23.1 Å². The predicted octanol–water partition coefficient (Wildman–Crippen LogP) is 5.43. The van der Waals surface area contributed by atoms with Crippen molar-refractivity contribution in [2.24, 2.45) is 4.99 Å². The molecule has 8 heteroatoms. The molecule has 1 N–H and O–H groups in total. The van der Waals surface area contributed by atoms with Crippen LogP contribution in [-0.2, 0) is 16.1 Å². The normalized spacial score (nSPS) is 14.7. The summed E-state index contributed by atoms with van der Waals surface area (Å²) in [5, 5.41) is 19.2. The smallest absolute Gasteiger partial charge is 0.306 e. The van der Waals surface area contributed by atoms with Crippen LogP contribution < -0.4 is 0 Å². The van der Waals surface area contributed by atoms with E-state index in [9.17, 15) is 9.90 Å². The summed E-state index contributed by atoms with van der Waals surface area (Å²) in [4.78, 5) is 17.9. The van der Waals surface area contributed by atoms with Crippen LogP contribution in [0.15, 0.2) is 53.5 Å². The van der Waals surface area contributed by atoms with Crippen LogP contribution >= 0.6 is 11.3 Å². The number of carboxylic acids is 1. The summed E-state index contributed by atoms with van der Waals surface area (Å²) in [6.45, 7) is 6.66. The van der Waals surface area contributed by atoms with Gasteiger partial charge in [-0.3, -0.25) is 14.4 Å². The van der Waals surface area contributed by atoms with E-state index in [-0.39, 0.29) is 6.42 Å². The third kappa shape index (κ3) is 4.19. The molecular weight excluding hydrogens is 460 g/mol. The van der Waals surface area contributed by atoms with E-state index in [2.05, 4.69) is 72.6 Å². The highest BCUT2D eigenvalue weighted by Gasteiger charge is 2.32. The first-order valence-electron chi connectivity index (χ1n) is 11.4. The fourth-order valence-corrected chi connectivity index (χ4v) is 5.68. The van der Waals surface area contributed by atoms with Crippen molar-refractivity contribution in [1.82, 2.24) is 14.8 Å². The lowest BCUT2D eigenvalue weighted by Gasteiger charge is -2.11. The van der Waals surface area contributed by atoms with E-state index in [1.165, 1.54) is 4.88 Å². The Morgan fingerprint density at radius 2 is 1.63 bits per heavy atom. The zero-order valence-electron chi connectivity index (χ0n) is 20.1. The van der Waals surface area contributed by atoms with E-state index in [0.717, 1.165) is 49.9 Å². The molecule has 1 atom stereocenters. The first kappa shape index (κ1) is 23.1. The summed E-state index contributed by atoms with van der Waals surface area (Å²) >= 11 is 1.66. The molecule has 0 radical (unpaired) electrons. The van der Waals surface area contributed by atoms with E-state index in [4.69, 9.17) is 9.73 Å². The molecule has 0 spiro atoms. The summed E-state index contributed by atoms with van der Waals surface area (Å²) < 4.78 is 7.18. The van der Waals surface area contributed by atoms with Crippen molar-refractivity contribution in [3.63, 3.8) is 0 Å². The largest absolute Gasteiger partial charge is 0.481 e. The van der Waals surface area contributed by atoms with Crippen LogP contribution in [0.3, 0.4) is 0 Å². The molecule has 0 amide bonds. The average molecular weight is 487 g/mol. The zero-order valence-corrected chi connectivity index (χ0v) is 20.9. The van der Waals surface area contributed by atoms with Gasteiger partial charge in [-0.05, 0) is 43.0 Å². The Balaban J connectivity index is 1.61. The van der Waals surface area contributed by atoms with E-state index in [1.54, 1.807) is 18.4 Å². The maximum absolute atomic E-state index is 11.7. The minimum absolute atomic E-state index is 0.152. The number of aryl methyl sites for hydroxylation is 2. The van der Waals surface area contributed by atoms with Crippen LogP contribution in [0.25, 0.3) is 16.1 Å². The Morgan fingerprint density at radius 3 is 2.26 bits per heavy atom. The third-order valence-electron chi connectivity index (χ3n) is 6.36. The molecule has 1 aliphatic rings. The second kappa shape index (κ2) is 9.20. The van der Waals surface area contributed by atoms with Crippen LogP contribution in [0.2, 0.25) is 0 Å². The standard InChI is InChI=1S/C27H26N4O3S/c1-15-16(2)35-27-24(15)25(28-22(13-23(32)33)26-30-29-17(3)31(26)27)21-11-9-20(10-12-21)19-7-5-18(6-8-19)14-34-4/h5-12,22H,13-14H2,1-4H3,(H,32,33)/t22-/m0/s1. The first-order chi connectivity index (χ1) is 16.9. The number of aromatic nitrogens is 3. The van der Waals surface area contributed by atoms with E-state index in [0.29, 0.717) is 12.4 Å². The SMILES string of the molecule is COCc1ccc(-c2ccc(C3=N[C@@H](CC(=O)O)c4nnc(C)n4-c4sc(C)c(C)c43)cc2)cc1. The number of aliphatic carboxylic acids is 1. The van der Waals surface area contributed by atoms with Crippen LogP contribution in [0.1, 0.15) is 51.2 Å². The lowest BCUT2D eigenvalue weighted by atomic mass is 9.96. The minimum Gasteiger partial charge on any atom is -0.481 e. The lowest BCUT2D eigenvalue weighted by Crippen LogP contribution is -2.10.